The quantitative estimate of drug-likeness (QED) is 0.309. The molecular formula is C34H36ClFN4O6. The number of rotatable bonds is 8. The Morgan fingerprint density at radius 2 is 1.76 bits per heavy atom. The number of hydrogen-bond acceptors (Lipinski definition) is 6. The van der Waals surface area contributed by atoms with Crippen LogP contribution in [-0.4, -0.2) is 84.5 Å². The molecule has 2 aliphatic heterocycles. The molecule has 2 atom stereocenters. The van der Waals surface area contributed by atoms with Crippen LogP contribution in [0.1, 0.15) is 24.0 Å². The maximum atomic E-state index is 15.7. The molecule has 0 aromatic heterocycles. The van der Waals surface area contributed by atoms with Crippen LogP contribution in [0.2, 0.25) is 5.02 Å². The van der Waals surface area contributed by atoms with Crippen molar-refractivity contribution in [2.45, 2.75) is 26.3 Å². The van der Waals surface area contributed by atoms with Crippen LogP contribution >= 0.6 is 11.6 Å². The van der Waals surface area contributed by atoms with Crippen molar-refractivity contribution in [2.24, 2.45) is 11.8 Å². The second kappa shape index (κ2) is 13.5. The number of benzene rings is 3. The number of piperidine rings is 1. The zero-order chi connectivity index (χ0) is 33.3. The van der Waals surface area contributed by atoms with Crippen molar-refractivity contribution in [3.05, 3.63) is 70.5 Å². The number of anilines is 1. The Balaban J connectivity index is 1.42. The van der Waals surface area contributed by atoms with E-state index in [0.717, 1.165) is 16.9 Å². The summed E-state index contributed by atoms with van der Waals surface area (Å²) in [5.41, 5.74) is 4.00. The van der Waals surface area contributed by atoms with Gasteiger partial charge in [-0.3, -0.25) is 24.2 Å². The lowest BCUT2D eigenvalue weighted by molar-refractivity contribution is -0.144. The van der Waals surface area contributed by atoms with Crippen LogP contribution in [0.5, 0.6) is 5.75 Å². The van der Waals surface area contributed by atoms with Crippen LogP contribution in [0.4, 0.5) is 14.9 Å². The van der Waals surface area contributed by atoms with E-state index in [0.29, 0.717) is 63.8 Å². The predicted octanol–water partition coefficient (Wildman–Crippen LogP) is 5.51. The van der Waals surface area contributed by atoms with E-state index in [1.807, 2.05) is 30.0 Å². The molecule has 1 unspecified atom stereocenters. The summed E-state index contributed by atoms with van der Waals surface area (Å²) < 4.78 is 21.3. The summed E-state index contributed by atoms with van der Waals surface area (Å²) in [5.74, 6) is -3.62. The van der Waals surface area contributed by atoms with Crippen LogP contribution in [0.3, 0.4) is 0 Å². The Morgan fingerprint density at radius 1 is 1.07 bits per heavy atom. The number of carboxylic acids is 1. The number of ether oxygens (including phenoxy) is 1. The number of aliphatic carboxylic acids is 1. The number of imide groups is 1. The van der Waals surface area contributed by atoms with E-state index in [9.17, 15) is 24.3 Å². The van der Waals surface area contributed by atoms with E-state index in [4.69, 9.17) is 16.3 Å². The average molecular weight is 651 g/mol. The van der Waals surface area contributed by atoms with Gasteiger partial charge < -0.3 is 20.1 Å². The van der Waals surface area contributed by atoms with Gasteiger partial charge in [0.1, 0.15) is 17.5 Å². The summed E-state index contributed by atoms with van der Waals surface area (Å²) in [4.78, 5) is 53.7. The van der Waals surface area contributed by atoms with Crippen molar-refractivity contribution in [1.82, 2.24) is 14.7 Å². The van der Waals surface area contributed by atoms with Gasteiger partial charge in [0, 0.05) is 56.1 Å². The van der Waals surface area contributed by atoms with Crippen molar-refractivity contribution in [3.63, 3.8) is 0 Å². The monoisotopic (exact) mass is 650 g/mol. The molecule has 12 heteroatoms. The first-order valence-corrected chi connectivity index (χ1v) is 15.3. The Labute approximate surface area is 271 Å². The molecule has 0 spiro atoms. The third-order valence-electron chi connectivity index (χ3n) is 8.82. The fraction of sp³-hybridized carbons (Fsp3) is 0.353. The standard InChI is InChI=1S/C34H36ClFN4O6/c1-19-22(9-6-12-28(19)37-31(41)26-17-38(2)34(45)39(3)32(26)42)24-11-5-10-23(30(24)35)21-14-27(36)25(29(15-21)46-4)18-40-13-7-8-20(16-40)33(43)44/h5-6,9-12,14-15,20,26H,7-8,13,16-18H2,1-4H3,(H,37,41)(H,43,44)/t20-,26?/m1/s1. The number of urea groups is 1. The molecule has 5 rings (SSSR count). The third kappa shape index (κ3) is 6.43. The highest BCUT2D eigenvalue weighted by Crippen LogP contribution is 2.41. The second-order valence-corrected chi connectivity index (χ2v) is 12.2. The SMILES string of the molecule is COc1cc(-c2cccc(-c3cccc(NC(=O)C4CN(C)C(=O)N(C)C4=O)c3C)c2Cl)cc(F)c1CN1CCC[C@@H](C(=O)O)C1. The molecule has 10 nitrogen and oxygen atoms in total. The average Bonchev–Trinajstić information content (AvgIpc) is 3.04. The molecule has 2 N–H and O–H groups in total. The highest BCUT2D eigenvalue weighted by Gasteiger charge is 2.39. The molecule has 3 aromatic carbocycles. The van der Waals surface area contributed by atoms with Gasteiger partial charge in [0.05, 0.1) is 18.1 Å². The fourth-order valence-electron chi connectivity index (χ4n) is 6.18. The Hall–Kier alpha value is -4.48. The van der Waals surface area contributed by atoms with Gasteiger partial charge in [-0.05, 0) is 61.2 Å². The molecule has 0 saturated carbocycles. The first-order valence-electron chi connectivity index (χ1n) is 14.9. The smallest absolute Gasteiger partial charge is 0.326 e. The fourth-order valence-corrected chi connectivity index (χ4v) is 6.52. The highest BCUT2D eigenvalue weighted by molar-refractivity contribution is 6.36. The maximum Gasteiger partial charge on any atom is 0.326 e. The number of amides is 4. The largest absolute Gasteiger partial charge is 0.496 e. The van der Waals surface area contributed by atoms with Gasteiger partial charge in [-0.15, -0.1) is 0 Å². The predicted molar refractivity (Wildman–Crippen MR) is 172 cm³/mol. The third-order valence-corrected chi connectivity index (χ3v) is 9.22. The molecule has 2 saturated heterocycles. The molecule has 2 aliphatic rings. The Kier molecular flexibility index (Phi) is 9.64. The van der Waals surface area contributed by atoms with Gasteiger partial charge in [0.15, 0.2) is 0 Å². The first kappa shape index (κ1) is 32.9. The molecule has 0 radical (unpaired) electrons. The second-order valence-electron chi connectivity index (χ2n) is 11.8. The number of carboxylic acid groups (broad SMARTS) is 1. The number of methoxy groups -OCH3 is 1. The number of nitrogens with one attached hydrogen (secondary N) is 1. The van der Waals surface area contributed by atoms with Gasteiger partial charge in [0.2, 0.25) is 11.8 Å². The number of carbonyl (C=O) groups excluding carboxylic acids is 3. The van der Waals surface area contributed by atoms with Crippen molar-refractivity contribution < 1.29 is 33.4 Å². The molecule has 242 valence electrons. The van der Waals surface area contributed by atoms with Crippen LogP contribution in [0, 0.1) is 24.6 Å². The van der Waals surface area contributed by atoms with Crippen LogP contribution in [0.25, 0.3) is 22.3 Å². The first-order chi connectivity index (χ1) is 21.9. The van der Waals surface area contributed by atoms with E-state index in [-0.39, 0.29) is 13.1 Å². The van der Waals surface area contributed by atoms with E-state index in [2.05, 4.69) is 5.32 Å². The van der Waals surface area contributed by atoms with Gasteiger partial charge in [-0.1, -0.05) is 41.9 Å². The van der Waals surface area contributed by atoms with Gasteiger partial charge in [-0.2, -0.15) is 0 Å². The zero-order valence-corrected chi connectivity index (χ0v) is 26.9. The van der Waals surface area contributed by atoms with E-state index in [1.54, 1.807) is 24.3 Å². The molecule has 4 amide bonds. The maximum absolute atomic E-state index is 15.7. The lowest BCUT2D eigenvalue weighted by Crippen LogP contribution is -2.56. The number of nitrogens with zero attached hydrogens (tertiary/aromatic N) is 3. The molecule has 0 bridgehead atoms. The number of halogens is 2. The normalized spacial score (nSPS) is 18.9. The molecule has 2 fully saturated rings. The van der Waals surface area contributed by atoms with Gasteiger partial charge in [0.25, 0.3) is 0 Å². The minimum atomic E-state index is -1.05. The summed E-state index contributed by atoms with van der Waals surface area (Å²) in [7, 11) is 4.35. The lowest BCUT2D eigenvalue weighted by atomic mass is 9.94. The number of carbonyl (C=O) groups is 4. The molecular weight excluding hydrogens is 615 g/mol. The van der Waals surface area contributed by atoms with Crippen molar-refractivity contribution in [2.75, 3.05) is 46.2 Å². The highest BCUT2D eigenvalue weighted by atomic mass is 35.5. The van der Waals surface area contributed by atoms with Crippen LogP contribution in [0.15, 0.2) is 48.5 Å². The van der Waals surface area contributed by atoms with Gasteiger partial charge >= 0.3 is 12.0 Å². The summed E-state index contributed by atoms with van der Waals surface area (Å²) in [6.07, 6.45) is 1.33. The summed E-state index contributed by atoms with van der Waals surface area (Å²) in [6.45, 7) is 3.04. The lowest BCUT2D eigenvalue weighted by Gasteiger charge is -2.33. The van der Waals surface area contributed by atoms with E-state index in [1.165, 1.54) is 32.2 Å². The van der Waals surface area contributed by atoms with Crippen molar-refractivity contribution in [3.8, 4) is 28.0 Å². The van der Waals surface area contributed by atoms with E-state index >= 15 is 4.39 Å². The molecule has 3 aromatic rings. The van der Waals surface area contributed by atoms with Crippen LogP contribution < -0.4 is 10.1 Å². The van der Waals surface area contributed by atoms with Gasteiger partial charge in [-0.25, -0.2) is 9.18 Å². The summed E-state index contributed by atoms with van der Waals surface area (Å²) >= 11 is 6.98. The van der Waals surface area contributed by atoms with E-state index < -0.39 is 41.5 Å². The minimum Gasteiger partial charge on any atom is -0.496 e. The summed E-state index contributed by atoms with van der Waals surface area (Å²) in [6, 6.07) is 13.4. The zero-order valence-electron chi connectivity index (χ0n) is 26.1. The van der Waals surface area contributed by atoms with Crippen molar-refractivity contribution >= 4 is 41.1 Å². The Bertz CT molecular complexity index is 1720. The molecule has 0 aliphatic carbocycles. The molecule has 2 heterocycles. The minimum absolute atomic E-state index is 0.0276. The Morgan fingerprint density at radius 3 is 2.48 bits per heavy atom. The number of hydrogen-bond donors (Lipinski definition) is 2. The van der Waals surface area contributed by atoms with Crippen molar-refractivity contribution in [1.29, 1.82) is 0 Å². The number of likely N-dealkylation sites (tertiary alicyclic amines) is 1. The molecule has 46 heavy (non-hydrogen) atoms. The summed E-state index contributed by atoms with van der Waals surface area (Å²) in [5, 5.41) is 12.7. The van der Waals surface area contributed by atoms with Crippen LogP contribution in [-0.2, 0) is 20.9 Å². The topological polar surface area (TPSA) is 119 Å².